The largest absolute Gasteiger partial charge is 0.332 e. The van der Waals surface area contributed by atoms with E-state index in [0.29, 0.717) is 25.0 Å². The first-order valence-electron chi connectivity index (χ1n) is 7.44. The van der Waals surface area contributed by atoms with Crippen LogP contribution in [0, 0.1) is 5.92 Å². The number of piperazine rings is 1. The Balaban J connectivity index is 1.90. The number of amides is 2. The van der Waals surface area contributed by atoms with Crippen molar-refractivity contribution in [1.29, 1.82) is 0 Å². The van der Waals surface area contributed by atoms with Crippen molar-refractivity contribution < 1.29 is 9.59 Å². The van der Waals surface area contributed by atoms with Crippen molar-refractivity contribution in [1.82, 2.24) is 15.1 Å². The standard InChI is InChI=1S/C14H25N3O2/c1-3-7-16-9-14(19)17(10-13(16)18)8-12(15-4-2)11-5-6-11/h11-12,15H,3-10H2,1-2H3. The van der Waals surface area contributed by atoms with Gasteiger partial charge < -0.3 is 15.1 Å². The summed E-state index contributed by atoms with van der Waals surface area (Å²) in [6.45, 7) is 6.92. The van der Waals surface area contributed by atoms with Gasteiger partial charge in [0, 0.05) is 19.1 Å². The minimum Gasteiger partial charge on any atom is -0.332 e. The molecule has 0 radical (unpaired) electrons. The van der Waals surface area contributed by atoms with Gasteiger partial charge in [-0.3, -0.25) is 9.59 Å². The van der Waals surface area contributed by atoms with Gasteiger partial charge >= 0.3 is 0 Å². The second kappa shape index (κ2) is 6.37. The Hall–Kier alpha value is -1.10. The summed E-state index contributed by atoms with van der Waals surface area (Å²) >= 11 is 0. The molecule has 2 aliphatic rings. The van der Waals surface area contributed by atoms with Gasteiger partial charge in [-0.1, -0.05) is 13.8 Å². The molecule has 0 aromatic rings. The Labute approximate surface area is 115 Å². The first kappa shape index (κ1) is 14.3. The minimum absolute atomic E-state index is 0.0903. The van der Waals surface area contributed by atoms with Crippen LogP contribution in [-0.2, 0) is 9.59 Å². The van der Waals surface area contributed by atoms with Crippen LogP contribution in [0.3, 0.4) is 0 Å². The van der Waals surface area contributed by atoms with Crippen molar-refractivity contribution in [2.75, 3.05) is 32.7 Å². The smallest absolute Gasteiger partial charge is 0.242 e. The molecule has 1 aliphatic carbocycles. The first-order valence-corrected chi connectivity index (χ1v) is 7.44. The van der Waals surface area contributed by atoms with Gasteiger partial charge in [-0.15, -0.1) is 0 Å². The van der Waals surface area contributed by atoms with E-state index >= 15 is 0 Å². The van der Waals surface area contributed by atoms with Crippen LogP contribution in [0.15, 0.2) is 0 Å². The summed E-state index contributed by atoms with van der Waals surface area (Å²) in [5.41, 5.74) is 0. The molecule has 1 saturated heterocycles. The van der Waals surface area contributed by atoms with Gasteiger partial charge in [-0.25, -0.2) is 0 Å². The lowest BCUT2D eigenvalue weighted by Crippen LogP contribution is -2.57. The molecule has 0 aromatic heterocycles. The average molecular weight is 267 g/mol. The van der Waals surface area contributed by atoms with Crippen LogP contribution in [0.4, 0.5) is 0 Å². The Bertz CT molecular complexity index is 342. The molecule has 0 spiro atoms. The molecular weight excluding hydrogens is 242 g/mol. The predicted molar refractivity (Wildman–Crippen MR) is 73.6 cm³/mol. The number of likely N-dealkylation sites (N-methyl/N-ethyl adjacent to an activating group) is 1. The van der Waals surface area contributed by atoms with Crippen molar-refractivity contribution in [2.45, 2.75) is 39.2 Å². The quantitative estimate of drug-likeness (QED) is 0.729. The Morgan fingerprint density at radius 3 is 2.37 bits per heavy atom. The Morgan fingerprint density at radius 2 is 1.79 bits per heavy atom. The van der Waals surface area contributed by atoms with Crippen LogP contribution < -0.4 is 5.32 Å². The van der Waals surface area contributed by atoms with Gasteiger partial charge in [0.25, 0.3) is 0 Å². The summed E-state index contributed by atoms with van der Waals surface area (Å²) in [7, 11) is 0. The second-order valence-corrected chi connectivity index (χ2v) is 5.59. The van der Waals surface area contributed by atoms with Crippen LogP contribution >= 0.6 is 0 Å². The van der Waals surface area contributed by atoms with Gasteiger partial charge in [-0.2, -0.15) is 0 Å². The number of nitrogens with zero attached hydrogens (tertiary/aromatic N) is 2. The van der Waals surface area contributed by atoms with Crippen molar-refractivity contribution in [3.63, 3.8) is 0 Å². The van der Waals surface area contributed by atoms with Gasteiger partial charge in [0.15, 0.2) is 0 Å². The third kappa shape index (κ3) is 3.69. The van der Waals surface area contributed by atoms with Crippen LogP contribution in [-0.4, -0.2) is 60.4 Å². The highest BCUT2D eigenvalue weighted by Gasteiger charge is 2.35. The van der Waals surface area contributed by atoms with E-state index in [1.165, 1.54) is 12.8 Å². The van der Waals surface area contributed by atoms with E-state index in [1.807, 2.05) is 6.92 Å². The summed E-state index contributed by atoms with van der Waals surface area (Å²) in [5.74, 6) is 0.876. The van der Waals surface area contributed by atoms with Crippen LogP contribution in [0.25, 0.3) is 0 Å². The van der Waals surface area contributed by atoms with Crippen LogP contribution in [0.5, 0.6) is 0 Å². The number of carbonyl (C=O) groups excluding carboxylic acids is 2. The van der Waals surface area contributed by atoms with Gasteiger partial charge in [0.05, 0.1) is 13.1 Å². The molecule has 108 valence electrons. The average Bonchev–Trinajstić information content (AvgIpc) is 3.19. The highest BCUT2D eigenvalue weighted by molar-refractivity contribution is 5.92. The molecule has 1 saturated carbocycles. The summed E-state index contributed by atoms with van der Waals surface area (Å²) in [6, 6.07) is 0.361. The molecule has 2 amide bonds. The van der Waals surface area contributed by atoms with Crippen LogP contribution in [0.2, 0.25) is 0 Å². The zero-order chi connectivity index (χ0) is 13.8. The fourth-order valence-corrected chi connectivity index (χ4v) is 2.72. The zero-order valence-electron chi connectivity index (χ0n) is 12.0. The lowest BCUT2D eigenvalue weighted by Gasteiger charge is -2.35. The highest BCUT2D eigenvalue weighted by atomic mass is 16.2. The Morgan fingerprint density at radius 1 is 1.16 bits per heavy atom. The fraction of sp³-hybridized carbons (Fsp3) is 0.857. The fourth-order valence-electron chi connectivity index (χ4n) is 2.72. The first-order chi connectivity index (χ1) is 9.15. The normalized spacial score (nSPS) is 22.0. The third-order valence-corrected chi connectivity index (χ3v) is 3.93. The van der Waals surface area contributed by atoms with Crippen molar-refractivity contribution in [3.05, 3.63) is 0 Å². The number of hydrogen-bond acceptors (Lipinski definition) is 3. The Kier molecular flexibility index (Phi) is 4.80. The summed E-state index contributed by atoms with van der Waals surface area (Å²) < 4.78 is 0. The number of carbonyl (C=O) groups is 2. The molecule has 0 aromatic carbocycles. The molecule has 2 rings (SSSR count). The van der Waals surface area contributed by atoms with E-state index in [4.69, 9.17) is 0 Å². The molecule has 5 heteroatoms. The van der Waals surface area contributed by atoms with E-state index in [2.05, 4.69) is 12.2 Å². The molecule has 1 N–H and O–H groups in total. The molecule has 1 heterocycles. The zero-order valence-corrected chi connectivity index (χ0v) is 12.0. The van der Waals surface area contributed by atoms with Gasteiger partial charge in [-0.05, 0) is 31.7 Å². The van der Waals surface area contributed by atoms with Crippen molar-refractivity contribution in [2.24, 2.45) is 5.92 Å². The molecule has 19 heavy (non-hydrogen) atoms. The molecule has 1 aliphatic heterocycles. The van der Waals surface area contributed by atoms with E-state index in [-0.39, 0.29) is 24.9 Å². The van der Waals surface area contributed by atoms with E-state index in [9.17, 15) is 9.59 Å². The van der Waals surface area contributed by atoms with E-state index in [0.717, 1.165) is 13.0 Å². The molecule has 5 nitrogen and oxygen atoms in total. The molecule has 0 bridgehead atoms. The maximum atomic E-state index is 12.1. The minimum atomic E-state index is 0.0903. The lowest BCUT2D eigenvalue weighted by atomic mass is 10.1. The van der Waals surface area contributed by atoms with Gasteiger partial charge in [0.1, 0.15) is 0 Å². The maximum absolute atomic E-state index is 12.1. The highest BCUT2D eigenvalue weighted by Crippen LogP contribution is 2.33. The van der Waals surface area contributed by atoms with Crippen molar-refractivity contribution >= 4 is 11.8 Å². The summed E-state index contributed by atoms with van der Waals surface area (Å²) in [5, 5.41) is 3.44. The predicted octanol–water partition coefficient (Wildman–Crippen LogP) is 0.455. The van der Waals surface area contributed by atoms with E-state index < -0.39 is 0 Å². The molecule has 1 atom stereocenters. The SMILES string of the molecule is CCCN1CC(=O)N(CC(NCC)C2CC2)CC1=O. The van der Waals surface area contributed by atoms with Crippen molar-refractivity contribution in [3.8, 4) is 0 Å². The maximum Gasteiger partial charge on any atom is 0.242 e. The number of hydrogen-bond donors (Lipinski definition) is 1. The lowest BCUT2D eigenvalue weighted by molar-refractivity contribution is -0.150. The van der Waals surface area contributed by atoms with E-state index in [1.54, 1.807) is 9.80 Å². The third-order valence-electron chi connectivity index (χ3n) is 3.93. The summed E-state index contributed by atoms with van der Waals surface area (Å²) in [6.07, 6.45) is 3.40. The molecular formula is C14H25N3O2. The topological polar surface area (TPSA) is 52.7 Å². The number of rotatable bonds is 7. The summed E-state index contributed by atoms with van der Waals surface area (Å²) in [4.78, 5) is 27.5. The molecule has 1 unspecified atom stereocenters. The molecule has 2 fully saturated rings. The second-order valence-electron chi connectivity index (χ2n) is 5.59. The number of nitrogens with one attached hydrogen (secondary N) is 1. The monoisotopic (exact) mass is 267 g/mol. The van der Waals surface area contributed by atoms with Crippen LogP contribution in [0.1, 0.15) is 33.1 Å². The van der Waals surface area contributed by atoms with Gasteiger partial charge in [0.2, 0.25) is 11.8 Å².